The van der Waals surface area contributed by atoms with Crippen LogP contribution in [0.5, 0.6) is 0 Å². The number of carboxylic acids is 1. The van der Waals surface area contributed by atoms with Gasteiger partial charge in [0.15, 0.2) is 17.3 Å². The first-order chi connectivity index (χ1) is 11.0. The Morgan fingerprint density at radius 3 is 2.09 bits per heavy atom. The maximum atomic E-state index is 12.6. The molecule has 0 aromatic heterocycles. The van der Waals surface area contributed by atoms with Gasteiger partial charge >= 0.3 is 5.97 Å². The molecular formula is C18H12O5. The lowest BCUT2D eigenvalue weighted by Gasteiger charge is -2.07. The number of hydrogen-bond donors (Lipinski definition) is 1. The molecule has 0 saturated heterocycles. The highest BCUT2D eigenvalue weighted by Gasteiger charge is 2.24. The van der Waals surface area contributed by atoms with Gasteiger partial charge in [0.2, 0.25) is 0 Å². The van der Waals surface area contributed by atoms with E-state index in [0.717, 1.165) is 0 Å². The van der Waals surface area contributed by atoms with Crippen molar-refractivity contribution < 1.29 is 24.3 Å². The van der Waals surface area contributed by atoms with Crippen molar-refractivity contribution in [3.63, 3.8) is 0 Å². The molecule has 3 rings (SSSR count). The van der Waals surface area contributed by atoms with Crippen molar-refractivity contribution in [2.45, 2.75) is 12.8 Å². The van der Waals surface area contributed by atoms with Gasteiger partial charge in [0.1, 0.15) is 0 Å². The highest BCUT2D eigenvalue weighted by molar-refractivity contribution is 6.18. The van der Waals surface area contributed by atoms with Gasteiger partial charge in [0.25, 0.3) is 0 Å². The monoisotopic (exact) mass is 308 g/mol. The molecule has 0 fully saturated rings. The summed E-state index contributed by atoms with van der Waals surface area (Å²) in [6.07, 6.45) is 0.234. The Balaban J connectivity index is 2.02. The minimum Gasteiger partial charge on any atom is -0.478 e. The molecule has 0 radical (unpaired) electrons. The topological polar surface area (TPSA) is 88.5 Å². The van der Waals surface area contributed by atoms with E-state index in [1.807, 2.05) is 0 Å². The first-order valence-electron chi connectivity index (χ1n) is 7.06. The quantitative estimate of drug-likeness (QED) is 0.881. The number of ketones is 3. The molecule has 1 N–H and O–H groups in total. The zero-order valence-electron chi connectivity index (χ0n) is 12.0. The summed E-state index contributed by atoms with van der Waals surface area (Å²) in [5, 5.41) is 8.88. The van der Waals surface area contributed by atoms with Crippen LogP contribution in [-0.4, -0.2) is 28.4 Å². The summed E-state index contributed by atoms with van der Waals surface area (Å²) in [4.78, 5) is 47.4. The second-order valence-electron chi connectivity index (χ2n) is 5.32. The number of carbonyl (C=O) groups is 4. The Kier molecular flexibility index (Phi) is 3.62. The van der Waals surface area contributed by atoms with E-state index >= 15 is 0 Å². The first kappa shape index (κ1) is 14.8. The van der Waals surface area contributed by atoms with Gasteiger partial charge in [0, 0.05) is 35.1 Å². The fourth-order valence-corrected chi connectivity index (χ4v) is 2.57. The molecule has 0 spiro atoms. The van der Waals surface area contributed by atoms with Crippen LogP contribution in [0.15, 0.2) is 42.5 Å². The number of benzene rings is 2. The van der Waals surface area contributed by atoms with Gasteiger partial charge in [-0.25, -0.2) is 4.79 Å². The maximum Gasteiger partial charge on any atom is 0.335 e. The summed E-state index contributed by atoms with van der Waals surface area (Å²) in [5.74, 6) is -1.79. The number of rotatable bonds is 3. The van der Waals surface area contributed by atoms with Gasteiger partial charge in [-0.15, -0.1) is 0 Å². The van der Waals surface area contributed by atoms with Gasteiger partial charge in [0.05, 0.1) is 5.56 Å². The molecule has 2 aromatic rings. The fourth-order valence-electron chi connectivity index (χ4n) is 2.57. The van der Waals surface area contributed by atoms with Crippen LogP contribution in [0.3, 0.4) is 0 Å². The van der Waals surface area contributed by atoms with Crippen molar-refractivity contribution >= 4 is 23.3 Å². The smallest absolute Gasteiger partial charge is 0.335 e. The number of carbonyl (C=O) groups excluding carboxylic acids is 3. The normalized spacial score (nSPS) is 13.6. The van der Waals surface area contributed by atoms with Crippen LogP contribution < -0.4 is 0 Å². The number of hydrogen-bond acceptors (Lipinski definition) is 4. The van der Waals surface area contributed by atoms with Crippen LogP contribution in [0.2, 0.25) is 0 Å². The molecule has 0 heterocycles. The van der Waals surface area contributed by atoms with Gasteiger partial charge in [-0.3, -0.25) is 14.4 Å². The first-order valence-corrected chi connectivity index (χ1v) is 7.06. The number of carboxylic acid groups (broad SMARTS) is 1. The standard InChI is InChI=1S/C18H12O5/c19-15-7-8-16(20)14-9-12(15)5-6-13(14)17(21)10-1-3-11(4-2-10)18(22)23/h1-6,9H,7-8H2,(H,22,23). The van der Waals surface area contributed by atoms with E-state index < -0.39 is 5.97 Å². The Morgan fingerprint density at radius 2 is 1.43 bits per heavy atom. The van der Waals surface area contributed by atoms with Crippen LogP contribution in [-0.2, 0) is 0 Å². The summed E-state index contributed by atoms with van der Waals surface area (Å²) >= 11 is 0. The van der Waals surface area contributed by atoms with E-state index in [1.165, 1.54) is 36.4 Å². The van der Waals surface area contributed by atoms with E-state index in [9.17, 15) is 19.2 Å². The Labute approximate surface area is 131 Å². The fraction of sp³-hybridized carbons (Fsp3) is 0.111. The summed E-state index contributed by atoms with van der Waals surface area (Å²) in [7, 11) is 0. The van der Waals surface area contributed by atoms with Crippen molar-refractivity contribution in [1.82, 2.24) is 0 Å². The molecule has 2 aromatic carbocycles. The molecule has 1 aliphatic rings. The highest BCUT2D eigenvalue weighted by atomic mass is 16.4. The van der Waals surface area contributed by atoms with E-state index in [-0.39, 0.29) is 46.9 Å². The van der Waals surface area contributed by atoms with Crippen molar-refractivity contribution in [2.75, 3.05) is 0 Å². The molecule has 0 unspecified atom stereocenters. The molecule has 1 aliphatic carbocycles. The molecule has 0 atom stereocenters. The lowest BCUT2D eigenvalue weighted by molar-refractivity contribution is 0.0696. The van der Waals surface area contributed by atoms with Crippen LogP contribution in [0.1, 0.15) is 59.8 Å². The summed E-state index contributed by atoms with van der Waals surface area (Å²) in [6, 6.07) is 10.0. The summed E-state index contributed by atoms with van der Waals surface area (Å²) in [5.41, 5.74) is 1.29. The molecule has 23 heavy (non-hydrogen) atoms. The Morgan fingerprint density at radius 1 is 0.826 bits per heavy atom. The second-order valence-corrected chi connectivity index (χ2v) is 5.32. The third kappa shape index (κ3) is 2.68. The van der Waals surface area contributed by atoms with Crippen LogP contribution in [0.4, 0.5) is 0 Å². The number of Topliss-reactive ketones (excluding diaryl/α,β-unsaturated/α-hetero) is 2. The SMILES string of the molecule is O=C(O)c1ccc(C(=O)c2ccc3cc2C(=O)CCC3=O)cc1. The zero-order chi connectivity index (χ0) is 16.6. The minimum absolute atomic E-state index is 0.0803. The molecule has 2 bridgehead atoms. The Bertz CT molecular complexity index is 846. The molecule has 114 valence electrons. The maximum absolute atomic E-state index is 12.6. The van der Waals surface area contributed by atoms with Crippen LogP contribution in [0, 0.1) is 0 Å². The van der Waals surface area contributed by atoms with Crippen molar-refractivity contribution in [3.8, 4) is 0 Å². The number of fused-ring (bicyclic) bond motifs is 2. The third-order valence-corrected chi connectivity index (χ3v) is 3.86. The molecule has 0 aliphatic heterocycles. The lowest BCUT2D eigenvalue weighted by atomic mass is 9.94. The van der Waals surface area contributed by atoms with Crippen LogP contribution in [0.25, 0.3) is 0 Å². The second kappa shape index (κ2) is 5.61. The lowest BCUT2D eigenvalue weighted by Crippen LogP contribution is -2.09. The van der Waals surface area contributed by atoms with Crippen LogP contribution >= 0.6 is 0 Å². The Hall–Kier alpha value is -3.08. The van der Waals surface area contributed by atoms with E-state index in [2.05, 4.69) is 0 Å². The molecule has 5 nitrogen and oxygen atoms in total. The molecule has 0 saturated carbocycles. The van der Waals surface area contributed by atoms with Gasteiger partial charge in [-0.05, 0) is 24.3 Å². The average Bonchev–Trinajstić information content (AvgIpc) is 2.67. The third-order valence-electron chi connectivity index (χ3n) is 3.86. The summed E-state index contributed by atoms with van der Waals surface area (Å²) in [6.45, 7) is 0. The predicted octanol–water partition coefficient (Wildman–Crippen LogP) is 2.78. The van der Waals surface area contributed by atoms with Gasteiger partial charge in [-0.1, -0.05) is 18.2 Å². The largest absolute Gasteiger partial charge is 0.478 e. The molecule has 5 heteroatoms. The number of aromatic carboxylic acids is 1. The predicted molar refractivity (Wildman–Crippen MR) is 81.2 cm³/mol. The van der Waals surface area contributed by atoms with Crippen molar-refractivity contribution in [2.24, 2.45) is 0 Å². The minimum atomic E-state index is -1.08. The van der Waals surface area contributed by atoms with Gasteiger partial charge in [-0.2, -0.15) is 0 Å². The summed E-state index contributed by atoms with van der Waals surface area (Å²) < 4.78 is 0. The average molecular weight is 308 g/mol. The molecule has 0 amide bonds. The van der Waals surface area contributed by atoms with Crippen molar-refractivity contribution in [1.29, 1.82) is 0 Å². The molecular weight excluding hydrogens is 296 g/mol. The zero-order valence-corrected chi connectivity index (χ0v) is 12.0. The van der Waals surface area contributed by atoms with E-state index in [4.69, 9.17) is 5.11 Å². The van der Waals surface area contributed by atoms with E-state index in [1.54, 1.807) is 6.07 Å². The van der Waals surface area contributed by atoms with Gasteiger partial charge < -0.3 is 5.11 Å². The highest BCUT2D eigenvalue weighted by Crippen LogP contribution is 2.23. The van der Waals surface area contributed by atoms with E-state index in [0.29, 0.717) is 11.1 Å². The van der Waals surface area contributed by atoms with Crippen molar-refractivity contribution in [3.05, 3.63) is 70.3 Å².